The van der Waals surface area contributed by atoms with Gasteiger partial charge in [-0.1, -0.05) is 39.3 Å². The molecular formula is C28H37N3O2. The summed E-state index contributed by atoms with van der Waals surface area (Å²) >= 11 is 0. The summed E-state index contributed by atoms with van der Waals surface area (Å²) in [5.74, 6) is 2.14. The van der Waals surface area contributed by atoms with E-state index in [9.17, 15) is 4.79 Å². The summed E-state index contributed by atoms with van der Waals surface area (Å²) in [5.41, 5.74) is 3.95. The van der Waals surface area contributed by atoms with E-state index in [-0.39, 0.29) is 12.1 Å². The Labute approximate surface area is 197 Å². The Morgan fingerprint density at radius 3 is 2.42 bits per heavy atom. The van der Waals surface area contributed by atoms with Gasteiger partial charge in [0, 0.05) is 25.3 Å². The van der Waals surface area contributed by atoms with Crippen molar-refractivity contribution in [3.8, 4) is 11.4 Å². The van der Waals surface area contributed by atoms with Crippen LogP contribution in [0.25, 0.3) is 22.4 Å². The van der Waals surface area contributed by atoms with Crippen LogP contribution in [0.1, 0.15) is 53.0 Å². The number of anilines is 1. The van der Waals surface area contributed by atoms with E-state index in [1.165, 1.54) is 6.42 Å². The van der Waals surface area contributed by atoms with Gasteiger partial charge in [0.15, 0.2) is 0 Å². The molecule has 3 unspecified atom stereocenters. The molecule has 5 heteroatoms. The number of aromatic nitrogens is 2. The van der Waals surface area contributed by atoms with Crippen molar-refractivity contribution < 1.29 is 9.53 Å². The van der Waals surface area contributed by atoms with Gasteiger partial charge in [-0.25, -0.2) is 9.78 Å². The molecule has 1 heterocycles. The number of fused-ring (bicyclic) bond motifs is 1. The van der Waals surface area contributed by atoms with Crippen LogP contribution in [0, 0.1) is 17.8 Å². The van der Waals surface area contributed by atoms with E-state index >= 15 is 0 Å². The lowest BCUT2D eigenvalue weighted by atomic mass is 9.75. The fourth-order valence-electron chi connectivity index (χ4n) is 5.15. The number of hydrogen-bond donors (Lipinski definition) is 0. The molecule has 0 aliphatic heterocycles. The van der Waals surface area contributed by atoms with E-state index in [2.05, 4.69) is 49.9 Å². The molecule has 1 aliphatic carbocycles. The van der Waals surface area contributed by atoms with Crippen molar-refractivity contribution in [2.24, 2.45) is 17.8 Å². The lowest BCUT2D eigenvalue weighted by Crippen LogP contribution is -2.37. The summed E-state index contributed by atoms with van der Waals surface area (Å²) in [6.45, 7) is 8.68. The SMILES string of the molecule is CC1CCC(C(C)C)C(OC(=O)[C@@H](C)n2c(-c3ccc(N(C)C)cc3)nc3ccccc32)C1. The quantitative estimate of drug-likeness (QED) is 0.414. The first-order valence-electron chi connectivity index (χ1n) is 12.2. The summed E-state index contributed by atoms with van der Waals surface area (Å²) in [4.78, 5) is 20.5. The number of imidazole rings is 1. The second kappa shape index (κ2) is 9.58. The normalized spacial score (nSPS) is 21.8. The molecule has 176 valence electrons. The van der Waals surface area contributed by atoms with Crippen LogP contribution in [0.4, 0.5) is 5.69 Å². The van der Waals surface area contributed by atoms with Gasteiger partial charge in [0.2, 0.25) is 0 Å². The first-order valence-corrected chi connectivity index (χ1v) is 12.2. The largest absolute Gasteiger partial charge is 0.461 e. The van der Waals surface area contributed by atoms with Gasteiger partial charge in [-0.05, 0) is 73.9 Å². The zero-order chi connectivity index (χ0) is 23.7. The predicted octanol–water partition coefficient (Wildman–Crippen LogP) is 6.33. The average molecular weight is 448 g/mol. The molecule has 0 radical (unpaired) electrons. The number of nitrogens with zero attached hydrogens (tertiary/aromatic N) is 3. The zero-order valence-electron chi connectivity index (χ0n) is 20.8. The predicted molar refractivity (Wildman–Crippen MR) is 135 cm³/mol. The fraction of sp³-hybridized carbons (Fsp3) is 0.500. The number of esters is 1. The minimum atomic E-state index is -0.467. The molecule has 1 saturated carbocycles. The third-order valence-electron chi connectivity index (χ3n) is 7.19. The Morgan fingerprint density at radius 2 is 1.76 bits per heavy atom. The highest BCUT2D eigenvalue weighted by Gasteiger charge is 2.35. The summed E-state index contributed by atoms with van der Waals surface area (Å²) < 4.78 is 8.26. The molecule has 4 rings (SSSR count). The Hall–Kier alpha value is -2.82. The number of carbonyl (C=O) groups is 1. The monoisotopic (exact) mass is 447 g/mol. The number of hydrogen-bond acceptors (Lipinski definition) is 4. The van der Waals surface area contributed by atoms with E-state index in [1.807, 2.05) is 49.9 Å². The third-order valence-corrected chi connectivity index (χ3v) is 7.19. The molecule has 1 fully saturated rings. The van der Waals surface area contributed by atoms with Crippen molar-refractivity contribution >= 4 is 22.7 Å². The molecule has 1 aromatic heterocycles. The van der Waals surface area contributed by atoms with Crippen LogP contribution in [0.5, 0.6) is 0 Å². The number of carbonyl (C=O) groups excluding carboxylic acids is 1. The van der Waals surface area contributed by atoms with Gasteiger partial charge < -0.3 is 14.2 Å². The van der Waals surface area contributed by atoms with Gasteiger partial charge in [-0.2, -0.15) is 0 Å². The molecule has 2 aromatic carbocycles. The highest BCUT2D eigenvalue weighted by atomic mass is 16.5. The standard InChI is InChI=1S/C28H37N3O2/c1-18(2)23-16-11-19(3)17-26(23)33-28(32)20(4)31-25-10-8-7-9-24(25)29-27(31)21-12-14-22(15-13-21)30(5)6/h7-10,12-15,18-20,23,26H,11,16-17H2,1-6H3/t19?,20-,23?,26?/m1/s1. The van der Waals surface area contributed by atoms with Gasteiger partial charge in [-0.3, -0.25) is 0 Å². The van der Waals surface area contributed by atoms with Crippen molar-refractivity contribution in [1.29, 1.82) is 0 Å². The maximum absolute atomic E-state index is 13.5. The van der Waals surface area contributed by atoms with Gasteiger partial charge in [-0.15, -0.1) is 0 Å². The van der Waals surface area contributed by atoms with E-state index in [0.717, 1.165) is 41.0 Å². The van der Waals surface area contributed by atoms with Gasteiger partial charge in [0.25, 0.3) is 0 Å². The van der Waals surface area contributed by atoms with Crippen LogP contribution < -0.4 is 4.90 Å². The Morgan fingerprint density at radius 1 is 1.06 bits per heavy atom. The van der Waals surface area contributed by atoms with Crippen LogP contribution in [0.15, 0.2) is 48.5 Å². The second-order valence-corrected chi connectivity index (χ2v) is 10.2. The van der Waals surface area contributed by atoms with Gasteiger partial charge >= 0.3 is 5.97 Å². The molecule has 0 amide bonds. The topological polar surface area (TPSA) is 47.4 Å². The molecule has 0 N–H and O–H groups in total. The maximum atomic E-state index is 13.5. The Balaban J connectivity index is 1.68. The molecule has 0 saturated heterocycles. The van der Waals surface area contributed by atoms with Crippen molar-refractivity contribution in [2.75, 3.05) is 19.0 Å². The molecule has 0 spiro atoms. The highest BCUT2D eigenvalue weighted by molar-refractivity contribution is 5.85. The highest BCUT2D eigenvalue weighted by Crippen LogP contribution is 2.37. The molecular weight excluding hydrogens is 410 g/mol. The summed E-state index contributed by atoms with van der Waals surface area (Å²) in [6.07, 6.45) is 3.28. The minimum Gasteiger partial charge on any atom is -0.461 e. The van der Waals surface area contributed by atoms with Crippen molar-refractivity contribution in [3.63, 3.8) is 0 Å². The van der Waals surface area contributed by atoms with Crippen molar-refractivity contribution in [1.82, 2.24) is 9.55 Å². The number of benzene rings is 2. The average Bonchev–Trinajstić information content (AvgIpc) is 3.18. The first-order chi connectivity index (χ1) is 15.8. The smallest absolute Gasteiger partial charge is 0.329 e. The van der Waals surface area contributed by atoms with Crippen LogP contribution in [0.3, 0.4) is 0 Å². The van der Waals surface area contributed by atoms with Crippen LogP contribution in [-0.2, 0) is 9.53 Å². The molecule has 3 aromatic rings. The van der Waals surface area contributed by atoms with E-state index < -0.39 is 6.04 Å². The van der Waals surface area contributed by atoms with Gasteiger partial charge in [0.05, 0.1) is 11.0 Å². The Kier molecular flexibility index (Phi) is 6.78. The van der Waals surface area contributed by atoms with E-state index in [1.54, 1.807) is 0 Å². The lowest BCUT2D eigenvalue weighted by Gasteiger charge is -2.37. The molecule has 0 bridgehead atoms. The second-order valence-electron chi connectivity index (χ2n) is 10.2. The van der Waals surface area contributed by atoms with Gasteiger partial charge in [0.1, 0.15) is 18.0 Å². The minimum absolute atomic E-state index is 0.0127. The van der Waals surface area contributed by atoms with Crippen LogP contribution in [0.2, 0.25) is 0 Å². The molecule has 33 heavy (non-hydrogen) atoms. The van der Waals surface area contributed by atoms with Crippen molar-refractivity contribution in [2.45, 2.75) is 59.1 Å². The number of ether oxygens (including phenoxy) is 1. The zero-order valence-corrected chi connectivity index (χ0v) is 20.8. The Bertz CT molecular complexity index is 1100. The summed E-state index contributed by atoms with van der Waals surface area (Å²) in [7, 11) is 4.05. The first kappa shape index (κ1) is 23.3. The van der Waals surface area contributed by atoms with Crippen LogP contribution in [-0.4, -0.2) is 35.7 Å². The third kappa shape index (κ3) is 4.78. The van der Waals surface area contributed by atoms with Crippen LogP contribution >= 0.6 is 0 Å². The van der Waals surface area contributed by atoms with Crippen molar-refractivity contribution in [3.05, 3.63) is 48.5 Å². The fourth-order valence-corrected chi connectivity index (χ4v) is 5.15. The maximum Gasteiger partial charge on any atom is 0.329 e. The lowest BCUT2D eigenvalue weighted by molar-refractivity contribution is -0.159. The van der Waals surface area contributed by atoms with E-state index in [0.29, 0.717) is 17.8 Å². The molecule has 5 nitrogen and oxygen atoms in total. The molecule has 1 aliphatic rings. The number of para-hydroxylation sites is 2. The number of rotatable bonds is 6. The molecule has 4 atom stereocenters. The van der Waals surface area contributed by atoms with E-state index in [4.69, 9.17) is 9.72 Å². The summed E-state index contributed by atoms with van der Waals surface area (Å²) in [5, 5.41) is 0. The summed E-state index contributed by atoms with van der Waals surface area (Å²) in [6, 6.07) is 15.9.